The van der Waals surface area contributed by atoms with Gasteiger partial charge in [-0.25, -0.2) is 0 Å². The highest BCUT2D eigenvalue weighted by atomic mass is 16.2. The Bertz CT molecular complexity index is 198. The van der Waals surface area contributed by atoms with Crippen molar-refractivity contribution >= 4 is 5.91 Å². The third kappa shape index (κ3) is 4.18. The van der Waals surface area contributed by atoms with Gasteiger partial charge in [0.25, 0.3) is 0 Å². The Labute approximate surface area is 92.2 Å². The number of likely N-dealkylation sites (tertiary alicyclic amines) is 1. The Kier molecular flexibility index (Phi) is 5.05. The molecule has 0 bridgehead atoms. The third-order valence-corrected chi connectivity index (χ3v) is 3.12. The van der Waals surface area contributed by atoms with Crippen LogP contribution in [0.15, 0.2) is 0 Å². The van der Waals surface area contributed by atoms with Crippen LogP contribution in [0.2, 0.25) is 0 Å². The Morgan fingerprint density at radius 2 is 2.13 bits per heavy atom. The number of nitrogens with zero attached hydrogens (tertiary/aromatic N) is 1. The topological polar surface area (TPSA) is 58.4 Å². The van der Waals surface area contributed by atoms with Crippen LogP contribution in [-0.2, 0) is 4.79 Å². The lowest BCUT2D eigenvalue weighted by atomic mass is 9.91. The highest BCUT2D eigenvalue weighted by Crippen LogP contribution is 2.18. The van der Waals surface area contributed by atoms with Gasteiger partial charge in [0.2, 0.25) is 5.91 Å². The molecule has 1 rings (SSSR count). The van der Waals surface area contributed by atoms with E-state index in [2.05, 4.69) is 17.1 Å². The molecule has 0 aromatic rings. The molecule has 0 aromatic heterocycles. The normalized spacial score (nSPS) is 21.3. The Balaban J connectivity index is 2.22. The number of nitrogens with two attached hydrogens (primary N) is 1. The summed E-state index contributed by atoms with van der Waals surface area (Å²) in [5.74, 6) is 0.771. The summed E-state index contributed by atoms with van der Waals surface area (Å²) in [7, 11) is 0. The molecule has 0 saturated carbocycles. The van der Waals surface area contributed by atoms with E-state index in [1.54, 1.807) is 0 Å². The predicted molar refractivity (Wildman–Crippen MR) is 61.5 cm³/mol. The lowest BCUT2D eigenvalue weighted by Crippen LogP contribution is -2.44. The molecule has 1 amide bonds. The number of likely N-dealkylation sites (N-methyl/N-ethyl adjacent to an activating group) is 1. The Hall–Kier alpha value is -0.610. The summed E-state index contributed by atoms with van der Waals surface area (Å²) in [6.45, 7) is 7.28. The van der Waals surface area contributed by atoms with Gasteiger partial charge < -0.3 is 11.1 Å². The largest absolute Gasteiger partial charge is 0.355 e. The van der Waals surface area contributed by atoms with Crippen molar-refractivity contribution in [2.75, 3.05) is 26.2 Å². The summed E-state index contributed by atoms with van der Waals surface area (Å²) in [4.78, 5) is 13.6. The number of hydrogen-bond donors (Lipinski definition) is 2. The van der Waals surface area contributed by atoms with Crippen LogP contribution in [0, 0.1) is 5.92 Å². The standard InChI is InChI=1S/C11H23N3O/c1-3-13-11(15)8-14-6-4-10(5-7-14)9(2)12/h9-10H,3-8,12H2,1-2H3,(H,13,15). The van der Waals surface area contributed by atoms with Gasteiger partial charge >= 0.3 is 0 Å². The molecule has 4 heteroatoms. The summed E-state index contributed by atoms with van der Waals surface area (Å²) >= 11 is 0. The first-order valence-corrected chi connectivity index (χ1v) is 5.88. The number of carbonyl (C=O) groups excluding carboxylic acids is 1. The molecule has 4 nitrogen and oxygen atoms in total. The van der Waals surface area contributed by atoms with Gasteiger partial charge in [-0.1, -0.05) is 0 Å². The third-order valence-electron chi connectivity index (χ3n) is 3.12. The molecule has 0 aliphatic carbocycles. The van der Waals surface area contributed by atoms with E-state index in [0.717, 1.165) is 32.5 Å². The number of rotatable bonds is 4. The van der Waals surface area contributed by atoms with Crippen LogP contribution in [0.25, 0.3) is 0 Å². The zero-order valence-electron chi connectivity index (χ0n) is 9.83. The molecule has 3 N–H and O–H groups in total. The lowest BCUT2D eigenvalue weighted by molar-refractivity contribution is -0.122. The van der Waals surface area contributed by atoms with Crippen molar-refractivity contribution in [1.29, 1.82) is 0 Å². The number of amides is 1. The van der Waals surface area contributed by atoms with E-state index < -0.39 is 0 Å². The highest BCUT2D eigenvalue weighted by Gasteiger charge is 2.22. The van der Waals surface area contributed by atoms with Crippen molar-refractivity contribution in [2.45, 2.75) is 32.7 Å². The van der Waals surface area contributed by atoms with Gasteiger partial charge in [-0.2, -0.15) is 0 Å². The summed E-state index contributed by atoms with van der Waals surface area (Å²) in [5.41, 5.74) is 5.86. The summed E-state index contributed by atoms with van der Waals surface area (Å²) < 4.78 is 0. The molecule has 1 aliphatic rings. The van der Waals surface area contributed by atoms with Gasteiger partial charge in [-0.05, 0) is 45.7 Å². The predicted octanol–water partition coefficient (Wildman–Crippen LogP) is 0.182. The minimum absolute atomic E-state index is 0.136. The monoisotopic (exact) mass is 213 g/mol. The summed E-state index contributed by atoms with van der Waals surface area (Å²) in [6, 6.07) is 0.289. The van der Waals surface area contributed by atoms with Gasteiger partial charge in [-0.3, -0.25) is 9.69 Å². The molecule has 1 atom stereocenters. The molecular weight excluding hydrogens is 190 g/mol. The fourth-order valence-electron chi connectivity index (χ4n) is 2.09. The van der Waals surface area contributed by atoms with E-state index in [9.17, 15) is 4.79 Å². The molecule has 0 radical (unpaired) electrons. The lowest BCUT2D eigenvalue weighted by Gasteiger charge is -2.33. The van der Waals surface area contributed by atoms with Gasteiger partial charge in [0, 0.05) is 12.6 Å². The van der Waals surface area contributed by atoms with E-state index in [-0.39, 0.29) is 11.9 Å². The molecule has 0 spiro atoms. The molecule has 0 aromatic carbocycles. The van der Waals surface area contributed by atoms with E-state index >= 15 is 0 Å². The Morgan fingerprint density at radius 1 is 1.53 bits per heavy atom. The minimum atomic E-state index is 0.136. The molecular formula is C11H23N3O. The molecule has 1 heterocycles. The van der Waals surface area contributed by atoms with Gasteiger partial charge in [0.1, 0.15) is 0 Å². The molecule has 1 unspecified atom stereocenters. The van der Waals surface area contributed by atoms with Crippen LogP contribution in [0.5, 0.6) is 0 Å². The molecule has 1 saturated heterocycles. The van der Waals surface area contributed by atoms with Gasteiger partial charge in [0.15, 0.2) is 0 Å². The maximum Gasteiger partial charge on any atom is 0.234 e. The first kappa shape index (κ1) is 12.5. The average Bonchev–Trinajstić information content (AvgIpc) is 2.18. The smallest absolute Gasteiger partial charge is 0.234 e. The molecule has 15 heavy (non-hydrogen) atoms. The van der Waals surface area contributed by atoms with Crippen molar-refractivity contribution in [1.82, 2.24) is 10.2 Å². The zero-order chi connectivity index (χ0) is 11.3. The summed E-state index contributed by atoms with van der Waals surface area (Å²) in [6.07, 6.45) is 2.24. The van der Waals surface area contributed by atoms with Crippen LogP contribution in [0.3, 0.4) is 0 Å². The van der Waals surface area contributed by atoms with Gasteiger partial charge in [0.05, 0.1) is 6.54 Å². The average molecular weight is 213 g/mol. The van der Waals surface area contributed by atoms with E-state index in [1.807, 2.05) is 6.92 Å². The van der Waals surface area contributed by atoms with E-state index in [1.165, 1.54) is 0 Å². The number of piperidine rings is 1. The molecule has 88 valence electrons. The first-order valence-electron chi connectivity index (χ1n) is 5.88. The van der Waals surface area contributed by atoms with Crippen LogP contribution in [0.1, 0.15) is 26.7 Å². The number of nitrogens with one attached hydrogen (secondary N) is 1. The SMILES string of the molecule is CCNC(=O)CN1CCC(C(C)N)CC1. The van der Waals surface area contributed by atoms with Crippen molar-refractivity contribution in [3.63, 3.8) is 0 Å². The first-order chi connectivity index (χ1) is 7.13. The second-order valence-corrected chi connectivity index (χ2v) is 4.43. The summed E-state index contributed by atoms with van der Waals surface area (Å²) in [5, 5.41) is 2.82. The minimum Gasteiger partial charge on any atom is -0.355 e. The molecule has 1 aliphatic heterocycles. The van der Waals surface area contributed by atoms with Crippen molar-refractivity contribution in [2.24, 2.45) is 11.7 Å². The Morgan fingerprint density at radius 3 is 2.60 bits per heavy atom. The van der Waals surface area contributed by atoms with Crippen LogP contribution in [0.4, 0.5) is 0 Å². The fraction of sp³-hybridized carbons (Fsp3) is 0.909. The maximum absolute atomic E-state index is 11.3. The maximum atomic E-state index is 11.3. The highest BCUT2D eigenvalue weighted by molar-refractivity contribution is 5.77. The molecule has 1 fully saturated rings. The second-order valence-electron chi connectivity index (χ2n) is 4.43. The van der Waals surface area contributed by atoms with E-state index in [0.29, 0.717) is 12.5 Å². The number of carbonyl (C=O) groups is 1. The fourth-order valence-corrected chi connectivity index (χ4v) is 2.09. The number of hydrogen-bond acceptors (Lipinski definition) is 3. The zero-order valence-corrected chi connectivity index (χ0v) is 9.83. The van der Waals surface area contributed by atoms with Crippen molar-refractivity contribution in [3.05, 3.63) is 0 Å². The van der Waals surface area contributed by atoms with Crippen molar-refractivity contribution < 1.29 is 4.79 Å². The van der Waals surface area contributed by atoms with Crippen molar-refractivity contribution in [3.8, 4) is 0 Å². The van der Waals surface area contributed by atoms with Crippen LogP contribution in [-0.4, -0.2) is 43.0 Å². The van der Waals surface area contributed by atoms with Gasteiger partial charge in [-0.15, -0.1) is 0 Å². The van der Waals surface area contributed by atoms with Crippen LogP contribution >= 0.6 is 0 Å². The second kappa shape index (κ2) is 6.08. The van der Waals surface area contributed by atoms with E-state index in [4.69, 9.17) is 5.73 Å². The van der Waals surface area contributed by atoms with Crippen LogP contribution < -0.4 is 11.1 Å². The quantitative estimate of drug-likeness (QED) is 0.700.